The van der Waals surface area contributed by atoms with E-state index in [2.05, 4.69) is 25.6 Å². The molecule has 1 aromatic rings. The van der Waals surface area contributed by atoms with Gasteiger partial charge in [0.05, 0.1) is 25.6 Å². The molecule has 1 aromatic heterocycles. The molecule has 10 nitrogen and oxygen atoms in total. The zero-order valence-corrected chi connectivity index (χ0v) is 11.5. The Kier molecular flexibility index (Phi) is 7.08. The summed E-state index contributed by atoms with van der Waals surface area (Å²) in [5.41, 5.74) is 0. The smallest absolute Gasteiger partial charge is 0.266 e. The van der Waals surface area contributed by atoms with Gasteiger partial charge in [0.15, 0.2) is 0 Å². The highest BCUT2D eigenvalue weighted by molar-refractivity contribution is 7.85. The van der Waals surface area contributed by atoms with E-state index in [0.29, 0.717) is 19.1 Å². The summed E-state index contributed by atoms with van der Waals surface area (Å²) in [5.74, 6) is 0.0700. The molecular formula is C9H17N5O5S. The second kappa shape index (κ2) is 8.58. The molecule has 0 spiro atoms. The first-order chi connectivity index (χ1) is 9.51. The second-order valence-electron chi connectivity index (χ2n) is 3.61. The largest absolute Gasteiger partial charge is 0.394 e. The number of ether oxygens (including phenoxy) is 1. The van der Waals surface area contributed by atoms with Crippen molar-refractivity contribution in [1.82, 2.24) is 15.0 Å². The molecule has 0 aromatic carbocycles. The van der Waals surface area contributed by atoms with Crippen LogP contribution in [0.1, 0.15) is 0 Å². The number of nitrogens with zero attached hydrogens (tertiary/aromatic N) is 3. The fraction of sp³-hybridized carbons (Fsp3) is 0.667. The molecule has 0 fully saturated rings. The van der Waals surface area contributed by atoms with Crippen molar-refractivity contribution in [2.75, 3.05) is 49.3 Å². The molecule has 0 aliphatic heterocycles. The maximum absolute atomic E-state index is 10.5. The molecule has 1 heterocycles. The maximum atomic E-state index is 10.5. The molecule has 0 saturated heterocycles. The third-order valence-electron chi connectivity index (χ3n) is 1.98. The summed E-state index contributed by atoms with van der Waals surface area (Å²) in [7, 11) is -4.01. The summed E-state index contributed by atoms with van der Waals surface area (Å²) in [6.07, 6.45) is 1.26. The summed E-state index contributed by atoms with van der Waals surface area (Å²) in [6, 6.07) is 0. The summed E-state index contributed by atoms with van der Waals surface area (Å²) in [5, 5.41) is 14.0. The highest BCUT2D eigenvalue weighted by Gasteiger charge is 2.05. The van der Waals surface area contributed by atoms with Crippen molar-refractivity contribution in [1.29, 1.82) is 0 Å². The van der Waals surface area contributed by atoms with Gasteiger partial charge >= 0.3 is 0 Å². The molecular weight excluding hydrogens is 290 g/mol. The second-order valence-corrected chi connectivity index (χ2v) is 5.18. The Balaban J connectivity index is 2.33. The van der Waals surface area contributed by atoms with Crippen molar-refractivity contribution in [2.24, 2.45) is 0 Å². The Hall–Kier alpha value is -1.56. The third-order valence-corrected chi connectivity index (χ3v) is 2.70. The molecule has 0 atom stereocenters. The molecule has 1 rings (SSSR count). The van der Waals surface area contributed by atoms with Gasteiger partial charge in [0.1, 0.15) is 6.33 Å². The molecule has 0 aliphatic rings. The molecule has 0 unspecified atom stereocenters. The minimum Gasteiger partial charge on any atom is -0.394 e. The van der Waals surface area contributed by atoms with Gasteiger partial charge in [-0.05, 0) is 0 Å². The highest BCUT2D eigenvalue weighted by atomic mass is 32.2. The predicted octanol–water partition coefficient (Wildman–Crippen LogP) is -1.41. The number of aliphatic hydroxyl groups is 1. The quantitative estimate of drug-likeness (QED) is 0.300. The number of hydrogen-bond acceptors (Lipinski definition) is 9. The van der Waals surface area contributed by atoms with Gasteiger partial charge in [-0.2, -0.15) is 13.4 Å². The number of aromatic nitrogens is 3. The Morgan fingerprint density at radius 1 is 1.15 bits per heavy atom. The Morgan fingerprint density at radius 3 is 2.40 bits per heavy atom. The van der Waals surface area contributed by atoms with Crippen molar-refractivity contribution in [3.05, 3.63) is 6.33 Å². The summed E-state index contributed by atoms with van der Waals surface area (Å²) in [6.45, 7) is 1.06. The van der Waals surface area contributed by atoms with E-state index in [1.807, 2.05) is 0 Å². The van der Waals surface area contributed by atoms with Crippen molar-refractivity contribution in [3.8, 4) is 0 Å². The minimum absolute atomic E-state index is 0.0120. The van der Waals surface area contributed by atoms with Gasteiger partial charge < -0.3 is 20.5 Å². The van der Waals surface area contributed by atoms with Crippen molar-refractivity contribution in [3.63, 3.8) is 0 Å². The fourth-order valence-corrected chi connectivity index (χ4v) is 1.52. The first-order valence-electron chi connectivity index (χ1n) is 5.82. The van der Waals surface area contributed by atoms with Gasteiger partial charge in [0.25, 0.3) is 10.1 Å². The molecule has 0 saturated carbocycles. The number of hydrogen-bond donors (Lipinski definition) is 4. The summed E-state index contributed by atoms with van der Waals surface area (Å²) >= 11 is 0. The van der Waals surface area contributed by atoms with Crippen molar-refractivity contribution >= 4 is 22.0 Å². The van der Waals surface area contributed by atoms with Crippen LogP contribution >= 0.6 is 0 Å². The van der Waals surface area contributed by atoms with Crippen molar-refractivity contribution < 1.29 is 22.8 Å². The van der Waals surface area contributed by atoms with Gasteiger partial charge in [-0.15, -0.1) is 0 Å². The van der Waals surface area contributed by atoms with Gasteiger partial charge in [0, 0.05) is 13.1 Å². The topological polar surface area (TPSA) is 147 Å². The van der Waals surface area contributed by atoms with E-state index in [1.54, 1.807) is 0 Å². The molecule has 0 radical (unpaired) electrons. The third kappa shape index (κ3) is 7.78. The highest BCUT2D eigenvalue weighted by Crippen LogP contribution is 2.01. The normalized spacial score (nSPS) is 11.3. The van der Waals surface area contributed by atoms with E-state index in [1.165, 1.54) is 6.33 Å². The zero-order valence-electron chi connectivity index (χ0n) is 10.7. The lowest BCUT2D eigenvalue weighted by atomic mass is 10.6. The summed E-state index contributed by atoms with van der Waals surface area (Å²) < 4.78 is 34.7. The lowest BCUT2D eigenvalue weighted by Gasteiger charge is -2.07. The molecule has 0 bridgehead atoms. The Labute approximate surface area is 116 Å². The number of anilines is 2. The van der Waals surface area contributed by atoms with E-state index in [-0.39, 0.29) is 25.7 Å². The van der Waals surface area contributed by atoms with Crippen LogP contribution in [0.25, 0.3) is 0 Å². The van der Waals surface area contributed by atoms with Crippen LogP contribution in [-0.4, -0.2) is 71.7 Å². The number of nitrogens with one attached hydrogen (secondary N) is 2. The fourth-order valence-electron chi connectivity index (χ4n) is 1.16. The van der Waals surface area contributed by atoms with Crippen LogP contribution in [0.5, 0.6) is 0 Å². The van der Waals surface area contributed by atoms with E-state index in [4.69, 9.17) is 14.4 Å². The van der Waals surface area contributed by atoms with Crippen LogP contribution in [0.3, 0.4) is 0 Å². The van der Waals surface area contributed by atoms with Gasteiger partial charge in [0.2, 0.25) is 11.9 Å². The van der Waals surface area contributed by atoms with E-state index in [9.17, 15) is 8.42 Å². The maximum Gasteiger partial charge on any atom is 0.266 e. The molecule has 11 heteroatoms. The minimum atomic E-state index is -4.01. The van der Waals surface area contributed by atoms with Crippen LogP contribution in [0.4, 0.5) is 11.9 Å². The first kappa shape index (κ1) is 16.5. The van der Waals surface area contributed by atoms with Gasteiger partial charge in [-0.3, -0.25) is 4.55 Å². The van der Waals surface area contributed by atoms with Crippen LogP contribution < -0.4 is 10.6 Å². The Bertz CT molecular complexity index is 497. The zero-order chi connectivity index (χ0) is 14.8. The lowest BCUT2D eigenvalue weighted by molar-refractivity contribution is 0.0991. The molecule has 114 valence electrons. The number of aliphatic hydroxyl groups excluding tert-OH is 1. The predicted molar refractivity (Wildman–Crippen MR) is 71.1 cm³/mol. The van der Waals surface area contributed by atoms with Crippen molar-refractivity contribution in [2.45, 2.75) is 0 Å². The van der Waals surface area contributed by atoms with Crippen LogP contribution in [0, 0.1) is 0 Å². The molecule has 0 amide bonds. The lowest BCUT2D eigenvalue weighted by Crippen LogP contribution is -2.17. The standard InChI is InChI=1S/C9H17N5O5S/c15-3-5-19-4-1-10-8-12-7-13-9(14-8)11-2-6-20(16,17)18/h7,15H,1-6H2,(H,16,17,18)(H2,10,11,12,13,14). The van der Waals surface area contributed by atoms with Crippen LogP contribution in [-0.2, 0) is 14.9 Å². The SMILES string of the molecule is O=S(=O)(O)CCNc1ncnc(NCCOCCO)n1. The average molecular weight is 307 g/mol. The van der Waals surface area contributed by atoms with Crippen LogP contribution in [0.2, 0.25) is 0 Å². The van der Waals surface area contributed by atoms with E-state index < -0.39 is 15.9 Å². The number of rotatable bonds is 10. The van der Waals surface area contributed by atoms with Crippen LogP contribution in [0.15, 0.2) is 6.33 Å². The summed E-state index contributed by atoms with van der Waals surface area (Å²) in [4.78, 5) is 11.7. The molecule has 4 N–H and O–H groups in total. The van der Waals surface area contributed by atoms with E-state index >= 15 is 0 Å². The Morgan fingerprint density at radius 2 is 1.80 bits per heavy atom. The van der Waals surface area contributed by atoms with E-state index in [0.717, 1.165) is 0 Å². The van der Waals surface area contributed by atoms with Gasteiger partial charge in [-0.1, -0.05) is 0 Å². The average Bonchev–Trinajstić information content (AvgIpc) is 2.37. The monoisotopic (exact) mass is 307 g/mol. The molecule has 20 heavy (non-hydrogen) atoms. The van der Waals surface area contributed by atoms with Gasteiger partial charge in [-0.25, -0.2) is 9.97 Å². The first-order valence-corrected chi connectivity index (χ1v) is 7.43. The molecule has 0 aliphatic carbocycles.